The Balaban J connectivity index is 2.71. The Labute approximate surface area is 91.0 Å². The third kappa shape index (κ3) is 2.10. The molecular formula is C11H22BrN. The van der Waals surface area contributed by atoms with E-state index in [2.05, 4.69) is 55.4 Å². The zero-order valence-corrected chi connectivity index (χ0v) is 11.1. The zero-order chi connectivity index (χ0) is 10.2. The van der Waals surface area contributed by atoms with E-state index in [-0.39, 0.29) is 0 Å². The molecule has 0 aromatic heterocycles. The third-order valence-corrected chi connectivity index (χ3v) is 5.16. The highest BCUT2D eigenvalue weighted by Gasteiger charge is 2.42. The Morgan fingerprint density at radius 2 is 1.85 bits per heavy atom. The van der Waals surface area contributed by atoms with Gasteiger partial charge in [0.05, 0.1) is 0 Å². The van der Waals surface area contributed by atoms with Crippen molar-refractivity contribution in [3.05, 3.63) is 0 Å². The number of hydrogen-bond donors (Lipinski definition) is 0. The van der Waals surface area contributed by atoms with Gasteiger partial charge in [-0.15, -0.1) is 0 Å². The van der Waals surface area contributed by atoms with Gasteiger partial charge in [0.1, 0.15) is 0 Å². The summed E-state index contributed by atoms with van der Waals surface area (Å²) in [4.78, 5) is 3.29. The van der Waals surface area contributed by atoms with Crippen LogP contribution in [0, 0.1) is 5.92 Å². The fourth-order valence-corrected chi connectivity index (χ4v) is 2.63. The Morgan fingerprint density at radius 3 is 2.15 bits per heavy atom. The monoisotopic (exact) mass is 247 g/mol. The lowest BCUT2D eigenvalue weighted by atomic mass is 9.97. The first-order valence-electron chi connectivity index (χ1n) is 5.28. The lowest BCUT2D eigenvalue weighted by molar-refractivity contribution is 0.100. The molecule has 1 aliphatic heterocycles. The summed E-state index contributed by atoms with van der Waals surface area (Å²) in [5.74, 6) is 0.747. The maximum Gasteiger partial charge on any atom is 0.0337 e. The molecule has 0 radical (unpaired) electrons. The number of nitrogens with zero attached hydrogens (tertiary/aromatic N) is 1. The third-order valence-electron chi connectivity index (χ3n) is 3.59. The smallest absolute Gasteiger partial charge is 0.0337 e. The molecule has 2 atom stereocenters. The molecule has 1 heterocycles. The van der Waals surface area contributed by atoms with Gasteiger partial charge >= 0.3 is 0 Å². The van der Waals surface area contributed by atoms with Gasteiger partial charge in [-0.1, -0.05) is 29.8 Å². The summed E-state index contributed by atoms with van der Waals surface area (Å²) in [7, 11) is 0. The zero-order valence-electron chi connectivity index (χ0n) is 9.47. The van der Waals surface area contributed by atoms with Crippen LogP contribution in [-0.4, -0.2) is 27.9 Å². The minimum absolute atomic E-state index is 0.323. The predicted molar refractivity (Wildman–Crippen MR) is 62.4 cm³/mol. The van der Waals surface area contributed by atoms with Crippen molar-refractivity contribution in [1.29, 1.82) is 0 Å². The highest BCUT2D eigenvalue weighted by Crippen LogP contribution is 2.36. The molecule has 0 spiro atoms. The molecule has 0 N–H and O–H groups in total. The minimum atomic E-state index is 0.323. The van der Waals surface area contributed by atoms with Gasteiger partial charge in [0, 0.05) is 23.0 Å². The van der Waals surface area contributed by atoms with Crippen molar-refractivity contribution < 1.29 is 0 Å². The molecule has 1 fully saturated rings. The molecule has 0 aliphatic carbocycles. The average Bonchev–Trinajstić information content (AvgIpc) is 2.26. The number of halogens is 1. The number of likely N-dealkylation sites (tertiary alicyclic amines) is 1. The van der Waals surface area contributed by atoms with E-state index >= 15 is 0 Å². The molecule has 78 valence electrons. The van der Waals surface area contributed by atoms with Crippen LogP contribution in [0.3, 0.4) is 0 Å². The van der Waals surface area contributed by atoms with Crippen LogP contribution in [0.4, 0.5) is 0 Å². The molecule has 0 bridgehead atoms. The molecule has 0 saturated carbocycles. The van der Waals surface area contributed by atoms with Crippen molar-refractivity contribution in [2.75, 3.05) is 6.54 Å². The van der Waals surface area contributed by atoms with E-state index in [1.807, 2.05) is 0 Å². The summed E-state index contributed by atoms with van der Waals surface area (Å²) in [6, 6.07) is 0.692. The van der Waals surface area contributed by atoms with Gasteiger partial charge in [-0.2, -0.15) is 0 Å². The van der Waals surface area contributed by atoms with Crippen LogP contribution < -0.4 is 0 Å². The standard InChI is InChI=1S/C11H22BrN/c1-8(2)9(3)13-7-6-10(12)11(13,4)5/h8-10H,6-7H2,1-5H3. The first kappa shape index (κ1) is 11.5. The lowest BCUT2D eigenvalue weighted by Crippen LogP contribution is -2.49. The molecule has 13 heavy (non-hydrogen) atoms. The molecule has 2 unspecified atom stereocenters. The van der Waals surface area contributed by atoms with Crippen LogP contribution in [-0.2, 0) is 0 Å². The maximum atomic E-state index is 3.78. The fourth-order valence-electron chi connectivity index (χ4n) is 2.16. The second-order valence-corrected chi connectivity index (χ2v) is 6.19. The van der Waals surface area contributed by atoms with E-state index in [1.54, 1.807) is 0 Å². The molecule has 2 heteroatoms. The van der Waals surface area contributed by atoms with E-state index in [0.29, 0.717) is 16.4 Å². The van der Waals surface area contributed by atoms with E-state index in [0.717, 1.165) is 5.92 Å². The van der Waals surface area contributed by atoms with E-state index < -0.39 is 0 Å². The molecule has 0 amide bonds. The van der Waals surface area contributed by atoms with Crippen molar-refractivity contribution in [2.45, 2.75) is 57.4 Å². The van der Waals surface area contributed by atoms with Crippen LogP contribution >= 0.6 is 15.9 Å². The van der Waals surface area contributed by atoms with Crippen molar-refractivity contribution in [1.82, 2.24) is 4.90 Å². The van der Waals surface area contributed by atoms with E-state index in [1.165, 1.54) is 13.0 Å². The van der Waals surface area contributed by atoms with Crippen LogP contribution in [0.15, 0.2) is 0 Å². The van der Waals surface area contributed by atoms with Gasteiger partial charge in [0.15, 0.2) is 0 Å². The van der Waals surface area contributed by atoms with Crippen molar-refractivity contribution in [2.24, 2.45) is 5.92 Å². The summed E-state index contributed by atoms with van der Waals surface area (Å²) < 4.78 is 0. The topological polar surface area (TPSA) is 3.24 Å². The van der Waals surface area contributed by atoms with E-state index in [4.69, 9.17) is 0 Å². The molecule has 0 aromatic rings. The van der Waals surface area contributed by atoms with Gasteiger partial charge in [-0.05, 0) is 33.1 Å². The molecular weight excluding hydrogens is 226 g/mol. The van der Waals surface area contributed by atoms with Crippen molar-refractivity contribution in [3.63, 3.8) is 0 Å². The van der Waals surface area contributed by atoms with Crippen LogP contribution in [0.5, 0.6) is 0 Å². The summed E-state index contributed by atoms with van der Waals surface area (Å²) in [5, 5.41) is 0. The number of alkyl halides is 1. The van der Waals surface area contributed by atoms with Crippen molar-refractivity contribution in [3.8, 4) is 0 Å². The highest BCUT2D eigenvalue weighted by molar-refractivity contribution is 9.09. The Morgan fingerprint density at radius 1 is 1.31 bits per heavy atom. The van der Waals surface area contributed by atoms with Gasteiger partial charge < -0.3 is 0 Å². The maximum absolute atomic E-state index is 3.78. The summed E-state index contributed by atoms with van der Waals surface area (Å²) in [6.07, 6.45) is 1.28. The largest absolute Gasteiger partial charge is 0.294 e. The number of hydrogen-bond acceptors (Lipinski definition) is 1. The van der Waals surface area contributed by atoms with Crippen LogP contribution in [0.1, 0.15) is 41.0 Å². The second kappa shape index (κ2) is 3.90. The van der Waals surface area contributed by atoms with Gasteiger partial charge in [-0.3, -0.25) is 4.90 Å². The molecule has 1 saturated heterocycles. The Hall–Kier alpha value is 0.440. The van der Waals surface area contributed by atoms with E-state index in [9.17, 15) is 0 Å². The van der Waals surface area contributed by atoms with Crippen LogP contribution in [0.25, 0.3) is 0 Å². The summed E-state index contributed by atoms with van der Waals surface area (Å²) in [5.41, 5.74) is 0.323. The minimum Gasteiger partial charge on any atom is -0.294 e. The Kier molecular flexibility index (Phi) is 3.45. The highest BCUT2D eigenvalue weighted by atomic mass is 79.9. The second-order valence-electron chi connectivity index (χ2n) is 5.09. The quantitative estimate of drug-likeness (QED) is 0.678. The lowest BCUT2D eigenvalue weighted by Gasteiger charge is -2.40. The first-order chi connectivity index (χ1) is 5.87. The summed E-state index contributed by atoms with van der Waals surface area (Å²) in [6.45, 7) is 12.9. The molecule has 0 aromatic carbocycles. The Bertz CT molecular complexity index is 177. The van der Waals surface area contributed by atoms with Crippen LogP contribution in [0.2, 0.25) is 0 Å². The fraction of sp³-hybridized carbons (Fsp3) is 1.00. The molecule has 1 aliphatic rings. The van der Waals surface area contributed by atoms with Gasteiger partial charge in [0.25, 0.3) is 0 Å². The van der Waals surface area contributed by atoms with Gasteiger partial charge in [-0.25, -0.2) is 0 Å². The number of rotatable bonds is 2. The first-order valence-corrected chi connectivity index (χ1v) is 6.19. The molecule has 1 nitrogen and oxygen atoms in total. The normalized spacial score (nSPS) is 31.2. The SMILES string of the molecule is CC(C)C(C)N1CCC(Br)C1(C)C. The molecule has 1 rings (SSSR count). The van der Waals surface area contributed by atoms with Crippen molar-refractivity contribution >= 4 is 15.9 Å². The summed E-state index contributed by atoms with van der Waals surface area (Å²) >= 11 is 3.78. The average molecular weight is 248 g/mol. The van der Waals surface area contributed by atoms with Gasteiger partial charge in [0.2, 0.25) is 0 Å². The predicted octanol–water partition coefficient (Wildman–Crippen LogP) is 3.28.